The highest BCUT2D eigenvalue weighted by Gasteiger charge is 2.31. The number of aliphatic carboxylic acids is 1. The second-order valence-corrected chi connectivity index (χ2v) is 4.73. The highest BCUT2D eigenvalue weighted by Crippen LogP contribution is 2.19. The molecule has 0 aromatic carbocycles. The van der Waals surface area contributed by atoms with Gasteiger partial charge in [0.2, 0.25) is 5.91 Å². The molecular formula is C12H17N3O5. The zero-order chi connectivity index (χ0) is 15.3. The van der Waals surface area contributed by atoms with Gasteiger partial charge in [0, 0.05) is 18.7 Å². The molecule has 0 saturated heterocycles. The molecule has 1 atom stereocenters. The van der Waals surface area contributed by atoms with Crippen molar-refractivity contribution in [1.82, 2.24) is 15.1 Å². The predicted octanol–water partition coefficient (Wildman–Crippen LogP) is -0.846. The molecule has 3 N–H and O–H groups in total. The van der Waals surface area contributed by atoms with Crippen molar-refractivity contribution in [2.24, 2.45) is 5.41 Å². The van der Waals surface area contributed by atoms with E-state index in [-0.39, 0.29) is 13.1 Å². The average Bonchev–Trinajstić information content (AvgIpc) is 2.40. The molecular weight excluding hydrogens is 266 g/mol. The maximum Gasteiger partial charge on any atom is 0.311 e. The molecule has 0 aliphatic heterocycles. The molecule has 0 spiro atoms. The largest absolute Gasteiger partial charge is 0.481 e. The SMILES string of the molecule is CCC(C)(CNC(=O)Cn1[nH]c(=O)ccc1=O)C(=O)O. The third kappa shape index (κ3) is 3.81. The van der Waals surface area contributed by atoms with Crippen molar-refractivity contribution in [3.8, 4) is 0 Å². The first kappa shape index (κ1) is 15.7. The van der Waals surface area contributed by atoms with Gasteiger partial charge in [-0.25, -0.2) is 4.68 Å². The standard InChI is InChI=1S/C12H17N3O5/c1-3-12(2,11(19)20)7-13-9(17)6-15-10(18)5-4-8(16)14-15/h4-5H,3,6-7H2,1-2H3,(H,13,17)(H,14,16)(H,19,20). The average molecular weight is 283 g/mol. The molecule has 8 nitrogen and oxygen atoms in total. The summed E-state index contributed by atoms with van der Waals surface area (Å²) < 4.78 is 0.863. The van der Waals surface area contributed by atoms with Gasteiger partial charge in [0.05, 0.1) is 5.41 Å². The van der Waals surface area contributed by atoms with Crippen molar-refractivity contribution in [3.63, 3.8) is 0 Å². The van der Waals surface area contributed by atoms with Crippen LogP contribution in [-0.4, -0.2) is 33.3 Å². The Kier molecular flexibility index (Phi) is 4.84. The molecule has 1 unspecified atom stereocenters. The molecule has 0 bridgehead atoms. The number of hydrogen-bond donors (Lipinski definition) is 3. The lowest BCUT2D eigenvalue weighted by atomic mass is 9.88. The zero-order valence-corrected chi connectivity index (χ0v) is 11.3. The van der Waals surface area contributed by atoms with Crippen LogP contribution in [0, 0.1) is 5.41 Å². The molecule has 0 fully saturated rings. The molecule has 20 heavy (non-hydrogen) atoms. The fraction of sp³-hybridized carbons (Fsp3) is 0.500. The van der Waals surface area contributed by atoms with E-state index in [0.29, 0.717) is 6.42 Å². The first-order valence-corrected chi connectivity index (χ1v) is 6.09. The maximum absolute atomic E-state index is 11.7. The number of H-pyrrole nitrogens is 1. The number of carboxylic acids is 1. The Morgan fingerprint density at radius 3 is 2.60 bits per heavy atom. The Morgan fingerprint density at radius 1 is 1.40 bits per heavy atom. The Hall–Kier alpha value is -2.38. The van der Waals surface area contributed by atoms with Crippen LogP contribution in [0.25, 0.3) is 0 Å². The van der Waals surface area contributed by atoms with E-state index in [0.717, 1.165) is 16.8 Å². The molecule has 1 rings (SSSR count). The van der Waals surface area contributed by atoms with Crippen LogP contribution < -0.4 is 16.4 Å². The van der Waals surface area contributed by atoms with Gasteiger partial charge in [0.1, 0.15) is 6.54 Å². The van der Waals surface area contributed by atoms with Crippen LogP contribution in [0.1, 0.15) is 20.3 Å². The number of nitrogens with zero attached hydrogens (tertiary/aromatic N) is 1. The van der Waals surface area contributed by atoms with Crippen LogP contribution in [0.15, 0.2) is 21.7 Å². The van der Waals surface area contributed by atoms with Crippen molar-refractivity contribution in [1.29, 1.82) is 0 Å². The van der Waals surface area contributed by atoms with Crippen molar-refractivity contribution >= 4 is 11.9 Å². The highest BCUT2D eigenvalue weighted by molar-refractivity contribution is 5.78. The Morgan fingerprint density at radius 2 is 2.05 bits per heavy atom. The van der Waals surface area contributed by atoms with Crippen molar-refractivity contribution in [3.05, 3.63) is 32.8 Å². The molecule has 1 aromatic rings. The van der Waals surface area contributed by atoms with E-state index in [1.165, 1.54) is 6.92 Å². The number of carboxylic acid groups (broad SMARTS) is 1. The molecule has 0 saturated carbocycles. The normalized spacial score (nSPS) is 13.5. The lowest BCUT2D eigenvalue weighted by Gasteiger charge is -2.23. The third-order valence-electron chi connectivity index (χ3n) is 3.16. The van der Waals surface area contributed by atoms with E-state index >= 15 is 0 Å². The summed E-state index contributed by atoms with van der Waals surface area (Å²) in [7, 11) is 0. The molecule has 1 amide bonds. The summed E-state index contributed by atoms with van der Waals surface area (Å²) in [4.78, 5) is 45.2. The van der Waals surface area contributed by atoms with Gasteiger partial charge in [-0.05, 0) is 13.3 Å². The monoisotopic (exact) mass is 283 g/mol. The number of rotatable bonds is 6. The molecule has 1 aromatic heterocycles. The number of aromatic nitrogens is 2. The fourth-order valence-electron chi connectivity index (χ4n) is 1.42. The third-order valence-corrected chi connectivity index (χ3v) is 3.16. The van der Waals surface area contributed by atoms with E-state index < -0.39 is 28.4 Å². The summed E-state index contributed by atoms with van der Waals surface area (Å²) >= 11 is 0. The number of carbonyl (C=O) groups excluding carboxylic acids is 1. The summed E-state index contributed by atoms with van der Waals surface area (Å²) in [6.07, 6.45) is 0.352. The van der Waals surface area contributed by atoms with Crippen LogP contribution in [0.2, 0.25) is 0 Å². The number of aromatic amines is 1. The molecule has 0 aliphatic carbocycles. The zero-order valence-electron chi connectivity index (χ0n) is 11.3. The first-order chi connectivity index (χ1) is 9.28. The van der Waals surface area contributed by atoms with Crippen LogP contribution in [0.5, 0.6) is 0 Å². The second-order valence-electron chi connectivity index (χ2n) is 4.73. The number of carbonyl (C=O) groups is 2. The minimum absolute atomic E-state index is 0.0521. The van der Waals surface area contributed by atoms with E-state index in [1.807, 2.05) is 0 Å². The Balaban J connectivity index is 2.69. The second kappa shape index (κ2) is 6.18. The van der Waals surface area contributed by atoms with E-state index in [2.05, 4.69) is 10.4 Å². The summed E-state index contributed by atoms with van der Waals surface area (Å²) in [5, 5.41) is 13.7. The van der Waals surface area contributed by atoms with Gasteiger partial charge in [0.25, 0.3) is 11.1 Å². The lowest BCUT2D eigenvalue weighted by Crippen LogP contribution is -2.43. The van der Waals surface area contributed by atoms with Crippen LogP contribution in [-0.2, 0) is 16.1 Å². The van der Waals surface area contributed by atoms with Gasteiger partial charge in [-0.15, -0.1) is 0 Å². The molecule has 0 aliphatic rings. The number of amides is 1. The van der Waals surface area contributed by atoms with Crippen molar-refractivity contribution in [2.75, 3.05) is 6.54 Å². The van der Waals surface area contributed by atoms with Gasteiger partial charge in [-0.2, -0.15) is 0 Å². The van der Waals surface area contributed by atoms with Crippen molar-refractivity contribution < 1.29 is 14.7 Å². The first-order valence-electron chi connectivity index (χ1n) is 6.09. The summed E-state index contributed by atoms with van der Waals surface area (Å²) in [6.45, 7) is 2.81. The maximum atomic E-state index is 11.7. The molecule has 8 heteroatoms. The van der Waals surface area contributed by atoms with Gasteiger partial charge in [-0.3, -0.25) is 24.3 Å². The minimum atomic E-state index is -1.06. The van der Waals surface area contributed by atoms with Gasteiger partial charge in [0.15, 0.2) is 0 Å². The van der Waals surface area contributed by atoms with E-state index in [4.69, 9.17) is 5.11 Å². The topological polar surface area (TPSA) is 121 Å². The number of nitrogens with one attached hydrogen (secondary N) is 2. The van der Waals surface area contributed by atoms with Gasteiger partial charge >= 0.3 is 5.97 Å². The summed E-state index contributed by atoms with van der Waals surface area (Å²) in [5.74, 6) is -1.56. The van der Waals surface area contributed by atoms with Crippen LogP contribution in [0.3, 0.4) is 0 Å². The molecule has 0 radical (unpaired) electrons. The van der Waals surface area contributed by atoms with Crippen molar-refractivity contribution in [2.45, 2.75) is 26.8 Å². The fourth-order valence-corrected chi connectivity index (χ4v) is 1.42. The Bertz CT molecular complexity index is 618. The van der Waals surface area contributed by atoms with Gasteiger partial charge in [-0.1, -0.05) is 6.92 Å². The van der Waals surface area contributed by atoms with Gasteiger partial charge < -0.3 is 10.4 Å². The van der Waals surface area contributed by atoms with Crippen LogP contribution in [0.4, 0.5) is 0 Å². The van der Waals surface area contributed by atoms with E-state index in [1.54, 1.807) is 6.92 Å². The summed E-state index contributed by atoms with van der Waals surface area (Å²) in [5.41, 5.74) is -2.08. The Labute approximate surface area is 114 Å². The van der Waals surface area contributed by atoms with E-state index in [9.17, 15) is 19.2 Å². The van der Waals surface area contributed by atoms with Crippen LogP contribution >= 0.6 is 0 Å². The smallest absolute Gasteiger partial charge is 0.311 e. The highest BCUT2D eigenvalue weighted by atomic mass is 16.4. The molecule has 1 heterocycles. The summed E-state index contributed by atoms with van der Waals surface area (Å²) in [6, 6.07) is 2.12. The number of hydrogen-bond acceptors (Lipinski definition) is 4. The minimum Gasteiger partial charge on any atom is -0.481 e. The quantitative estimate of drug-likeness (QED) is 0.628. The molecule has 110 valence electrons. The lowest BCUT2D eigenvalue weighted by molar-refractivity contribution is -0.148. The predicted molar refractivity (Wildman–Crippen MR) is 70.4 cm³/mol.